The van der Waals surface area contributed by atoms with Crippen LogP contribution in [0.25, 0.3) is 0 Å². The highest BCUT2D eigenvalue weighted by molar-refractivity contribution is 8.19. The summed E-state index contributed by atoms with van der Waals surface area (Å²) in [4.78, 5) is 26.4. The van der Waals surface area contributed by atoms with Crippen molar-refractivity contribution in [2.24, 2.45) is 0 Å². The molecule has 4 rings (SSSR count). The highest BCUT2D eigenvalue weighted by Crippen LogP contribution is 2.45. The Morgan fingerprint density at radius 3 is 2.56 bits per heavy atom. The summed E-state index contributed by atoms with van der Waals surface area (Å²) in [6.45, 7) is 0.758. The molecule has 0 unspecified atom stereocenters. The molecule has 2 heterocycles. The first-order valence-corrected chi connectivity index (χ1v) is 11.4. The molecule has 140 valence electrons. The Bertz CT molecular complexity index is 832. The van der Waals surface area contributed by atoms with Gasteiger partial charge in [0.15, 0.2) is 0 Å². The van der Waals surface area contributed by atoms with Crippen LogP contribution in [-0.2, 0) is 4.79 Å². The third-order valence-electron chi connectivity index (χ3n) is 4.80. The van der Waals surface area contributed by atoms with Crippen LogP contribution in [0.15, 0.2) is 48.5 Å². The lowest BCUT2D eigenvalue weighted by molar-refractivity contribution is -0.119. The molecule has 2 saturated heterocycles. The number of rotatable bonds is 4. The Morgan fingerprint density at radius 2 is 1.81 bits per heavy atom. The minimum absolute atomic E-state index is 0.129. The van der Waals surface area contributed by atoms with Gasteiger partial charge in [-0.05, 0) is 54.8 Å². The van der Waals surface area contributed by atoms with Crippen molar-refractivity contribution < 1.29 is 9.59 Å². The molecule has 0 saturated carbocycles. The zero-order valence-corrected chi connectivity index (χ0v) is 16.7. The summed E-state index contributed by atoms with van der Waals surface area (Å²) in [5.74, 6) is 2.39. The van der Waals surface area contributed by atoms with Crippen LogP contribution in [-0.4, -0.2) is 29.9 Å². The fourth-order valence-electron chi connectivity index (χ4n) is 3.39. The first-order valence-electron chi connectivity index (χ1n) is 9.26. The number of carbonyl (C=O) groups is 2. The SMILES string of the molecule is O=C(Nc1cccc(C2SCCS2)c1)c1ccc(N2CCCCC2=O)cc1. The number of hydrogen-bond acceptors (Lipinski definition) is 4. The molecule has 2 aliphatic heterocycles. The predicted molar refractivity (Wildman–Crippen MR) is 115 cm³/mol. The van der Waals surface area contributed by atoms with Gasteiger partial charge in [-0.2, -0.15) is 0 Å². The third kappa shape index (κ3) is 4.33. The largest absolute Gasteiger partial charge is 0.322 e. The van der Waals surface area contributed by atoms with Crippen LogP contribution in [0.5, 0.6) is 0 Å². The van der Waals surface area contributed by atoms with Gasteiger partial charge in [0.25, 0.3) is 5.91 Å². The molecular weight excluding hydrogens is 376 g/mol. The van der Waals surface area contributed by atoms with Crippen LogP contribution in [0, 0.1) is 0 Å². The van der Waals surface area contributed by atoms with Crippen molar-refractivity contribution in [2.75, 3.05) is 28.3 Å². The van der Waals surface area contributed by atoms with E-state index >= 15 is 0 Å². The summed E-state index contributed by atoms with van der Waals surface area (Å²) >= 11 is 3.91. The normalized spacial score (nSPS) is 17.9. The monoisotopic (exact) mass is 398 g/mol. The quantitative estimate of drug-likeness (QED) is 0.793. The highest BCUT2D eigenvalue weighted by atomic mass is 32.2. The summed E-state index contributed by atoms with van der Waals surface area (Å²) in [6, 6.07) is 15.4. The molecule has 0 bridgehead atoms. The van der Waals surface area contributed by atoms with Gasteiger partial charge in [0.05, 0.1) is 4.58 Å². The van der Waals surface area contributed by atoms with E-state index in [0.717, 1.165) is 30.8 Å². The summed E-state index contributed by atoms with van der Waals surface area (Å²) in [6.07, 6.45) is 2.60. The first-order chi connectivity index (χ1) is 13.2. The van der Waals surface area contributed by atoms with Crippen LogP contribution in [0.4, 0.5) is 11.4 Å². The van der Waals surface area contributed by atoms with E-state index in [1.165, 1.54) is 17.1 Å². The van der Waals surface area contributed by atoms with Crippen LogP contribution in [0.2, 0.25) is 0 Å². The predicted octanol–water partition coefficient (Wildman–Crippen LogP) is 4.93. The molecule has 4 nitrogen and oxygen atoms in total. The highest BCUT2D eigenvalue weighted by Gasteiger charge is 2.20. The van der Waals surface area contributed by atoms with E-state index in [0.29, 0.717) is 16.6 Å². The summed E-state index contributed by atoms with van der Waals surface area (Å²) in [7, 11) is 0. The molecule has 1 N–H and O–H groups in total. The van der Waals surface area contributed by atoms with Gasteiger partial charge in [-0.3, -0.25) is 9.59 Å². The smallest absolute Gasteiger partial charge is 0.255 e. The molecule has 0 aromatic heterocycles. The van der Waals surface area contributed by atoms with Gasteiger partial charge >= 0.3 is 0 Å². The summed E-state index contributed by atoms with van der Waals surface area (Å²) < 4.78 is 0.461. The van der Waals surface area contributed by atoms with E-state index < -0.39 is 0 Å². The molecular formula is C21H22N2O2S2. The number of amides is 2. The molecule has 2 fully saturated rings. The zero-order valence-electron chi connectivity index (χ0n) is 15.0. The van der Waals surface area contributed by atoms with E-state index in [1.807, 2.05) is 52.7 Å². The maximum Gasteiger partial charge on any atom is 0.255 e. The van der Waals surface area contributed by atoms with Crippen molar-refractivity contribution in [3.05, 3.63) is 59.7 Å². The fourth-order valence-corrected chi connectivity index (χ4v) is 6.23. The van der Waals surface area contributed by atoms with Crippen molar-refractivity contribution in [1.29, 1.82) is 0 Å². The molecule has 27 heavy (non-hydrogen) atoms. The Labute approximate surface area is 168 Å². The number of piperidine rings is 1. The van der Waals surface area contributed by atoms with Gasteiger partial charge in [0.1, 0.15) is 0 Å². The number of nitrogens with one attached hydrogen (secondary N) is 1. The molecule has 2 amide bonds. The van der Waals surface area contributed by atoms with Gasteiger partial charge in [-0.1, -0.05) is 12.1 Å². The average molecular weight is 399 g/mol. The average Bonchev–Trinajstić information content (AvgIpc) is 3.24. The lowest BCUT2D eigenvalue weighted by Gasteiger charge is -2.26. The maximum atomic E-state index is 12.6. The van der Waals surface area contributed by atoms with Crippen molar-refractivity contribution in [1.82, 2.24) is 0 Å². The minimum Gasteiger partial charge on any atom is -0.322 e. The van der Waals surface area contributed by atoms with E-state index in [1.54, 1.807) is 12.1 Å². The molecule has 0 spiro atoms. The van der Waals surface area contributed by atoms with Gasteiger partial charge in [-0.25, -0.2) is 0 Å². The molecule has 0 radical (unpaired) electrons. The van der Waals surface area contributed by atoms with Crippen molar-refractivity contribution in [3.8, 4) is 0 Å². The Hall–Kier alpha value is -1.92. The number of benzene rings is 2. The minimum atomic E-state index is -0.129. The second-order valence-corrected chi connectivity index (χ2v) is 9.43. The standard InChI is InChI=1S/C21H22N2O2S2/c24-19-6-1-2-11-23(19)18-9-7-15(8-10-18)20(25)22-17-5-3-4-16(14-17)21-26-12-13-27-21/h3-5,7-10,14,21H,1-2,6,11-13H2,(H,22,25). The molecule has 6 heteroatoms. The van der Waals surface area contributed by atoms with Gasteiger partial charge in [0.2, 0.25) is 5.91 Å². The number of thioether (sulfide) groups is 2. The topological polar surface area (TPSA) is 49.4 Å². The summed E-state index contributed by atoms with van der Waals surface area (Å²) in [5, 5.41) is 2.99. The van der Waals surface area contributed by atoms with E-state index in [2.05, 4.69) is 17.4 Å². The third-order valence-corrected chi connectivity index (χ3v) is 7.91. The molecule has 0 atom stereocenters. The lowest BCUT2D eigenvalue weighted by atomic mass is 10.1. The fraction of sp³-hybridized carbons (Fsp3) is 0.333. The van der Waals surface area contributed by atoms with Crippen molar-refractivity contribution in [3.63, 3.8) is 0 Å². The van der Waals surface area contributed by atoms with Gasteiger partial charge < -0.3 is 10.2 Å². The van der Waals surface area contributed by atoms with E-state index in [9.17, 15) is 9.59 Å². The molecule has 2 aromatic rings. The first kappa shape index (κ1) is 18.4. The van der Waals surface area contributed by atoms with Gasteiger partial charge in [0, 0.05) is 41.4 Å². The summed E-state index contributed by atoms with van der Waals surface area (Å²) in [5.41, 5.74) is 3.53. The Morgan fingerprint density at radius 1 is 1.04 bits per heavy atom. The van der Waals surface area contributed by atoms with Crippen molar-refractivity contribution in [2.45, 2.75) is 23.8 Å². The number of hydrogen-bond donors (Lipinski definition) is 1. The maximum absolute atomic E-state index is 12.6. The van der Waals surface area contributed by atoms with Crippen LogP contribution in [0.1, 0.15) is 39.8 Å². The lowest BCUT2D eigenvalue weighted by Crippen LogP contribution is -2.35. The number of carbonyl (C=O) groups excluding carboxylic acids is 2. The van der Waals surface area contributed by atoms with Crippen LogP contribution in [0.3, 0.4) is 0 Å². The van der Waals surface area contributed by atoms with E-state index in [-0.39, 0.29) is 11.8 Å². The van der Waals surface area contributed by atoms with Crippen LogP contribution < -0.4 is 10.2 Å². The number of nitrogens with zero attached hydrogens (tertiary/aromatic N) is 1. The van der Waals surface area contributed by atoms with Gasteiger partial charge in [-0.15, -0.1) is 23.5 Å². The van der Waals surface area contributed by atoms with E-state index in [4.69, 9.17) is 0 Å². The molecule has 2 aromatic carbocycles. The second kappa shape index (κ2) is 8.40. The molecule has 2 aliphatic rings. The Kier molecular flexibility index (Phi) is 5.74. The van der Waals surface area contributed by atoms with Crippen molar-refractivity contribution >= 4 is 46.7 Å². The zero-order chi connectivity index (χ0) is 18.6. The number of anilines is 2. The second-order valence-electron chi connectivity index (χ2n) is 6.70. The Balaban J connectivity index is 1.44. The molecule has 0 aliphatic carbocycles. The van der Waals surface area contributed by atoms with Crippen LogP contribution >= 0.6 is 23.5 Å².